The number of sulfonamides is 1. The molecule has 0 saturated heterocycles. The fourth-order valence-corrected chi connectivity index (χ4v) is 3.17. The molecule has 8 heteroatoms. The minimum absolute atomic E-state index is 0.103. The summed E-state index contributed by atoms with van der Waals surface area (Å²) in [5.41, 5.74) is 0.167. The quantitative estimate of drug-likeness (QED) is 0.904. The highest BCUT2D eigenvalue weighted by Crippen LogP contribution is 2.30. The van der Waals surface area contributed by atoms with Crippen molar-refractivity contribution in [3.05, 3.63) is 41.6 Å². The second kappa shape index (κ2) is 5.75. The van der Waals surface area contributed by atoms with Crippen molar-refractivity contribution in [3.8, 4) is 0 Å². The van der Waals surface area contributed by atoms with Crippen LogP contribution in [0.25, 0.3) is 0 Å². The minimum atomic E-state index is -4.50. The van der Waals surface area contributed by atoms with Crippen LogP contribution >= 0.6 is 0 Å². The lowest BCUT2D eigenvalue weighted by Gasteiger charge is -2.20. The third kappa shape index (κ3) is 3.68. The predicted molar refractivity (Wildman–Crippen MR) is 76.7 cm³/mol. The molecular weight excluding hydrogens is 317 g/mol. The van der Waals surface area contributed by atoms with Crippen molar-refractivity contribution < 1.29 is 21.6 Å². The normalized spacial score (nSPS) is 21.4. The van der Waals surface area contributed by atoms with Gasteiger partial charge in [-0.3, -0.25) is 0 Å². The van der Waals surface area contributed by atoms with Gasteiger partial charge in [0.2, 0.25) is 0 Å². The summed E-state index contributed by atoms with van der Waals surface area (Å²) in [4.78, 5) is -0.270. The minimum Gasteiger partial charge on any atom is -0.349 e. The first kappa shape index (κ1) is 16.5. The number of benzene rings is 1. The van der Waals surface area contributed by atoms with Crippen LogP contribution < -0.4 is 5.32 Å². The molecule has 1 heterocycles. The van der Waals surface area contributed by atoms with Gasteiger partial charge < -0.3 is 5.32 Å². The van der Waals surface area contributed by atoms with Gasteiger partial charge >= 0.3 is 6.18 Å². The lowest BCUT2D eigenvalue weighted by atomic mass is 9.99. The summed E-state index contributed by atoms with van der Waals surface area (Å²) in [6.07, 6.45) is -2.16. The van der Waals surface area contributed by atoms with Crippen molar-refractivity contribution in [3.63, 3.8) is 0 Å². The Morgan fingerprint density at radius 1 is 1.23 bits per heavy atom. The highest BCUT2D eigenvalue weighted by molar-refractivity contribution is 7.90. The van der Waals surface area contributed by atoms with E-state index in [1.165, 1.54) is 0 Å². The van der Waals surface area contributed by atoms with E-state index in [-0.39, 0.29) is 16.6 Å². The number of rotatable bonds is 2. The average molecular weight is 332 g/mol. The summed E-state index contributed by atoms with van der Waals surface area (Å²) in [5, 5.41) is 2.81. The summed E-state index contributed by atoms with van der Waals surface area (Å²) in [6.45, 7) is 3.73. The van der Waals surface area contributed by atoms with Crippen LogP contribution in [0.15, 0.2) is 45.3 Å². The van der Waals surface area contributed by atoms with Crippen LogP contribution in [0.5, 0.6) is 0 Å². The van der Waals surface area contributed by atoms with Crippen molar-refractivity contribution in [2.24, 2.45) is 10.3 Å². The Kier molecular flexibility index (Phi) is 4.32. The summed E-state index contributed by atoms with van der Waals surface area (Å²) in [6, 6.07) is 3.29. The van der Waals surface area contributed by atoms with E-state index in [4.69, 9.17) is 0 Å². The second-order valence-corrected chi connectivity index (χ2v) is 6.82. The molecule has 0 radical (unpaired) electrons. The van der Waals surface area contributed by atoms with Gasteiger partial charge in [0.1, 0.15) is 5.84 Å². The largest absolute Gasteiger partial charge is 0.416 e. The Labute approximate surface area is 126 Å². The summed E-state index contributed by atoms with van der Waals surface area (Å²) in [5.74, 6) is 0.180. The van der Waals surface area contributed by atoms with E-state index in [2.05, 4.69) is 9.71 Å². The highest BCUT2D eigenvalue weighted by atomic mass is 32.2. The number of hydrogen-bond donors (Lipinski definition) is 1. The lowest BCUT2D eigenvalue weighted by molar-refractivity contribution is -0.137. The van der Waals surface area contributed by atoms with Gasteiger partial charge in [-0.1, -0.05) is 12.5 Å². The summed E-state index contributed by atoms with van der Waals surface area (Å²) < 4.78 is 65.5. The van der Waals surface area contributed by atoms with Crippen molar-refractivity contribution in [1.82, 2.24) is 5.32 Å². The van der Waals surface area contributed by atoms with E-state index in [0.29, 0.717) is 6.42 Å². The maximum absolute atomic E-state index is 12.5. The molecule has 1 aliphatic rings. The molecule has 0 spiro atoms. The Morgan fingerprint density at radius 2 is 1.82 bits per heavy atom. The zero-order valence-electron chi connectivity index (χ0n) is 12.0. The fraction of sp³-hybridized carbons (Fsp3) is 0.357. The van der Waals surface area contributed by atoms with Gasteiger partial charge in [-0.15, -0.1) is 4.40 Å². The molecule has 0 aromatic heterocycles. The molecule has 22 heavy (non-hydrogen) atoms. The molecule has 1 N–H and O–H groups in total. The number of allylic oxidation sites excluding steroid dienone is 1. The second-order valence-electron chi connectivity index (χ2n) is 5.21. The van der Waals surface area contributed by atoms with Gasteiger partial charge in [0, 0.05) is 12.1 Å². The first-order valence-corrected chi connectivity index (χ1v) is 7.98. The van der Waals surface area contributed by atoms with Crippen LogP contribution in [0.4, 0.5) is 13.2 Å². The number of halogens is 3. The molecule has 1 unspecified atom stereocenters. The maximum atomic E-state index is 12.5. The number of hydrogen-bond acceptors (Lipinski definition) is 2. The molecule has 0 aliphatic carbocycles. The van der Waals surface area contributed by atoms with Crippen LogP contribution in [-0.2, 0) is 16.2 Å². The molecule has 1 aliphatic heterocycles. The lowest BCUT2D eigenvalue weighted by Crippen LogP contribution is -2.30. The van der Waals surface area contributed by atoms with Gasteiger partial charge in [0.25, 0.3) is 10.0 Å². The molecule has 1 aromatic carbocycles. The molecule has 0 bridgehead atoms. The smallest absolute Gasteiger partial charge is 0.349 e. The summed E-state index contributed by atoms with van der Waals surface area (Å²) >= 11 is 0. The van der Waals surface area contributed by atoms with Crippen molar-refractivity contribution in [2.75, 3.05) is 0 Å². The van der Waals surface area contributed by atoms with Crippen LogP contribution in [0.3, 0.4) is 0 Å². The van der Waals surface area contributed by atoms with E-state index in [1.807, 2.05) is 13.8 Å². The van der Waals surface area contributed by atoms with E-state index in [0.717, 1.165) is 29.8 Å². The van der Waals surface area contributed by atoms with E-state index in [9.17, 15) is 21.6 Å². The molecule has 2 rings (SSSR count). The van der Waals surface area contributed by atoms with Gasteiger partial charge in [0.15, 0.2) is 0 Å². The number of amidine groups is 1. The van der Waals surface area contributed by atoms with Gasteiger partial charge in [0.05, 0.1) is 10.5 Å². The standard InChI is InChI=1S/C14H15F3N2O2S/c1-9-7-10(2)13(18-8-9)19-22(20,21)12-5-3-11(4-6-12)14(15,16)17/h3-6,8,10H,7H2,1-2H3,(H,18,19). The Bertz CT molecular complexity index is 719. The molecule has 0 amide bonds. The first-order chi connectivity index (χ1) is 10.1. The third-order valence-electron chi connectivity index (χ3n) is 3.26. The maximum Gasteiger partial charge on any atom is 0.416 e. The van der Waals surface area contributed by atoms with E-state index >= 15 is 0 Å². The van der Waals surface area contributed by atoms with Crippen molar-refractivity contribution >= 4 is 15.9 Å². The van der Waals surface area contributed by atoms with Crippen molar-refractivity contribution in [1.29, 1.82) is 0 Å². The van der Waals surface area contributed by atoms with Gasteiger partial charge in [-0.25, -0.2) is 0 Å². The zero-order valence-corrected chi connectivity index (χ0v) is 12.8. The Morgan fingerprint density at radius 3 is 2.32 bits per heavy atom. The van der Waals surface area contributed by atoms with Crippen LogP contribution in [0, 0.1) is 5.92 Å². The van der Waals surface area contributed by atoms with Crippen LogP contribution in [0.1, 0.15) is 25.8 Å². The first-order valence-electron chi connectivity index (χ1n) is 6.54. The number of alkyl halides is 3. The SMILES string of the molecule is CC1=CNC(=NS(=O)(=O)c2ccc(C(F)(F)F)cc2)C(C)C1. The molecule has 120 valence electrons. The number of nitrogens with zero attached hydrogens (tertiary/aromatic N) is 1. The molecule has 0 fully saturated rings. The van der Waals surface area contributed by atoms with Crippen molar-refractivity contribution in [2.45, 2.75) is 31.3 Å². The highest BCUT2D eigenvalue weighted by Gasteiger charge is 2.30. The number of nitrogens with one attached hydrogen (secondary N) is 1. The monoisotopic (exact) mass is 332 g/mol. The Hall–Kier alpha value is -1.83. The molecular formula is C14H15F3N2O2S. The van der Waals surface area contributed by atoms with Gasteiger partial charge in [-0.05, 0) is 37.6 Å². The fourth-order valence-electron chi connectivity index (χ4n) is 2.09. The molecule has 1 aromatic rings. The molecule has 4 nitrogen and oxygen atoms in total. The molecule has 1 atom stereocenters. The Balaban J connectivity index is 2.31. The van der Waals surface area contributed by atoms with Crippen LogP contribution in [0.2, 0.25) is 0 Å². The van der Waals surface area contributed by atoms with Crippen LogP contribution in [-0.4, -0.2) is 14.3 Å². The average Bonchev–Trinajstić information content (AvgIpc) is 2.41. The topological polar surface area (TPSA) is 58.5 Å². The third-order valence-corrected chi connectivity index (χ3v) is 4.56. The zero-order chi connectivity index (χ0) is 16.5. The summed E-state index contributed by atoms with van der Waals surface area (Å²) in [7, 11) is -4.04. The van der Waals surface area contributed by atoms with E-state index < -0.39 is 21.8 Å². The predicted octanol–water partition coefficient (Wildman–Crippen LogP) is 3.33. The van der Waals surface area contributed by atoms with Gasteiger partial charge in [-0.2, -0.15) is 21.6 Å². The molecule has 0 saturated carbocycles. The van der Waals surface area contributed by atoms with E-state index in [1.54, 1.807) is 6.20 Å².